The van der Waals surface area contributed by atoms with Gasteiger partial charge in [-0.2, -0.15) is 0 Å². The zero-order chi connectivity index (χ0) is 14.5. The van der Waals surface area contributed by atoms with E-state index in [2.05, 4.69) is 38.2 Å². The number of benzene rings is 1. The van der Waals surface area contributed by atoms with E-state index in [0.717, 1.165) is 0 Å². The van der Waals surface area contributed by atoms with Gasteiger partial charge in [-0.15, -0.1) is 0 Å². The summed E-state index contributed by atoms with van der Waals surface area (Å²) in [6.07, 6.45) is 0. The van der Waals surface area contributed by atoms with Gasteiger partial charge in [0.25, 0.3) is 0 Å². The van der Waals surface area contributed by atoms with Crippen LogP contribution in [0.25, 0.3) is 0 Å². The fraction of sp³-hybridized carbons (Fsp3) is 0.533. The molecule has 0 aliphatic carbocycles. The first-order valence-electron chi connectivity index (χ1n) is 6.47. The lowest BCUT2D eigenvalue weighted by molar-refractivity contribution is -0.123. The van der Waals surface area contributed by atoms with Crippen LogP contribution < -0.4 is 11.1 Å². The van der Waals surface area contributed by atoms with Gasteiger partial charge in [0.2, 0.25) is 5.91 Å². The Morgan fingerprint density at radius 3 is 2.63 bits per heavy atom. The standard InChI is InChI=1S/C15H24N2O2/c1-11-7-5-6-8-12(11)15(2,3)10-17-14(18)13(16)9-19-4/h5-8,13H,9-10,16H2,1-4H3,(H,17,18). The minimum Gasteiger partial charge on any atom is -0.383 e. The predicted octanol–water partition coefficient (Wildman–Crippen LogP) is 1.36. The van der Waals surface area contributed by atoms with Gasteiger partial charge in [-0.1, -0.05) is 38.1 Å². The Balaban J connectivity index is 2.66. The van der Waals surface area contributed by atoms with Gasteiger partial charge in [-0.25, -0.2) is 0 Å². The molecule has 1 aromatic carbocycles. The van der Waals surface area contributed by atoms with Gasteiger partial charge in [0.05, 0.1) is 6.61 Å². The number of aryl methyl sites for hydroxylation is 1. The summed E-state index contributed by atoms with van der Waals surface area (Å²) < 4.78 is 4.87. The molecule has 0 heterocycles. The maximum absolute atomic E-state index is 11.8. The minimum absolute atomic E-state index is 0.131. The molecular formula is C15H24N2O2. The van der Waals surface area contributed by atoms with Crippen molar-refractivity contribution >= 4 is 5.91 Å². The van der Waals surface area contributed by atoms with Gasteiger partial charge in [0.15, 0.2) is 0 Å². The van der Waals surface area contributed by atoms with Gasteiger partial charge >= 0.3 is 0 Å². The first-order valence-corrected chi connectivity index (χ1v) is 6.47. The van der Waals surface area contributed by atoms with Crippen LogP contribution in [0, 0.1) is 6.92 Å². The maximum atomic E-state index is 11.8. The summed E-state index contributed by atoms with van der Waals surface area (Å²) in [5.41, 5.74) is 8.01. The van der Waals surface area contributed by atoms with E-state index in [-0.39, 0.29) is 17.9 Å². The molecule has 1 amide bonds. The number of methoxy groups -OCH3 is 1. The Hall–Kier alpha value is -1.39. The summed E-state index contributed by atoms with van der Waals surface area (Å²) in [6.45, 7) is 7.08. The molecule has 3 N–H and O–H groups in total. The lowest BCUT2D eigenvalue weighted by atomic mass is 9.82. The molecule has 0 fully saturated rings. The van der Waals surface area contributed by atoms with E-state index < -0.39 is 6.04 Å². The quantitative estimate of drug-likeness (QED) is 0.815. The van der Waals surface area contributed by atoms with Crippen LogP contribution in [0.2, 0.25) is 0 Å². The fourth-order valence-electron chi connectivity index (χ4n) is 2.12. The topological polar surface area (TPSA) is 64.3 Å². The zero-order valence-electron chi connectivity index (χ0n) is 12.2. The first kappa shape index (κ1) is 15.7. The summed E-state index contributed by atoms with van der Waals surface area (Å²) in [5, 5.41) is 2.89. The van der Waals surface area contributed by atoms with E-state index in [4.69, 9.17) is 10.5 Å². The number of hydrogen-bond acceptors (Lipinski definition) is 3. The Bertz CT molecular complexity index is 430. The smallest absolute Gasteiger partial charge is 0.239 e. The molecule has 0 radical (unpaired) electrons. The number of nitrogens with two attached hydrogens (primary N) is 1. The number of nitrogens with one attached hydrogen (secondary N) is 1. The molecule has 0 aromatic heterocycles. The van der Waals surface area contributed by atoms with Crippen molar-refractivity contribution in [3.05, 3.63) is 35.4 Å². The summed E-state index contributed by atoms with van der Waals surface area (Å²) >= 11 is 0. The number of carbonyl (C=O) groups is 1. The van der Waals surface area contributed by atoms with Crippen LogP contribution in [0.5, 0.6) is 0 Å². The molecule has 0 aliphatic heterocycles. The predicted molar refractivity (Wildman–Crippen MR) is 77.1 cm³/mol. The average molecular weight is 264 g/mol. The summed E-state index contributed by atoms with van der Waals surface area (Å²) in [4.78, 5) is 11.8. The average Bonchev–Trinajstić information content (AvgIpc) is 2.36. The van der Waals surface area contributed by atoms with Gasteiger partial charge in [0, 0.05) is 19.1 Å². The third-order valence-corrected chi connectivity index (χ3v) is 3.26. The molecule has 1 rings (SSSR count). The highest BCUT2D eigenvalue weighted by Crippen LogP contribution is 2.25. The minimum atomic E-state index is -0.613. The highest BCUT2D eigenvalue weighted by atomic mass is 16.5. The Kier molecular flexibility index (Phi) is 5.51. The van der Waals surface area contributed by atoms with Gasteiger partial charge < -0.3 is 15.8 Å². The molecular weight excluding hydrogens is 240 g/mol. The van der Waals surface area contributed by atoms with E-state index in [1.54, 1.807) is 0 Å². The van der Waals surface area contributed by atoms with Crippen molar-refractivity contribution in [3.63, 3.8) is 0 Å². The van der Waals surface area contributed by atoms with Crippen LogP contribution in [-0.4, -0.2) is 32.2 Å². The first-order chi connectivity index (χ1) is 8.88. The Labute approximate surface area is 115 Å². The van der Waals surface area contributed by atoms with Crippen molar-refractivity contribution in [2.24, 2.45) is 5.73 Å². The van der Waals surface area contributed by atoms with Crippen molar-refractivity contribution in [2.75, 3.05) is 20.3 Å². The van der Waals surface area contributed by atoms with Crippen LogP contribution in [0.1, 0.15) is 25.0 Å². The van der Waals surface area contributed by atoms with Crippen molar-refractivity contribution < 1.29 is 9.53 Å². The molecule has 0 saturated heterocycles. The van der Waals surface area contributed by atoms with Gasteiger partial charge in [-0.05, 0) is 18.1 Å². The molecule has 4 heteroatoms. The van der Waals surface area contributed by atoms with E-state index in [0.29, 0.717) is 6.54 Å². The largest absolute Gasteiger partial charge is 0.383 e. The number of amides is 1. The monoisotopic (exact) mass is 264 g/mol. The Morgan fingerprint density at radius 2 is 2.05 bits per heavy atom. The SMILES string of the molecule is COCC(N)C(=O)NCC(C)(C)c1ccccc1C. The highest BCUT2D eigenvalue weighted by Gasteiger charge is 2.24. The molecule has 0 spiro atoms. The lowest BCUT2D eigenvalue weighted by Gasteiger charge is -2.28. The van der Waals surface area contributed by atoms with Gasteiger partial charge in [0.1, 0.15) is 6.04 Å². The lowest BCUT2D eigenvalue weighted by Crippen LogP contribution is -2.47. The molecule has 106 valence electrons. The molecule has 19 heavy (non-hydrogen) atoms. The van der Waals surface area contributed by atoms with Crippen LogP contribution in [0.15, 0.2) is 24.3 Å². The van der Waals surface area contributed by atoms with Crippen molar-refractivity contribution in [2.45, 2.75) is 32.2 Å². The second-order valence-electron chi connectivity index (χ2n) is 5.48. The zero-order valence-corrected chi connectivity index (χ0v) is 12.2. The molecule has 1 atom stereocenters. The molecule has 4 nitrogen and oxygen atoms in total. The summed E-state index contributed by atoms with van der Waals surface area (Å²) in [6, 6.07) is 7.59. The molecule has 0 bridgehead atoms. The van der Waals surface area contributed by atoms with Crippen LogP contribution in [0.3, 0.4) is 0 Å². The van der Waals surface area contributed by atoms with Crippen molar-refractivity contribution in [3.8, 4) is 0 Å². The highest BCUT2D eigenvalue weighted by molar-refractivity contribution is 5.81. The summed E-state index contributed by atoms with van der Waals surface area (Å²) in [7, 11) is 1.53. The van der Waals surface area contributed by atoms with Crippen LogP contribution in [0.4, 0.5) is 0 Å². The molecule has 0 saturated carbocycles. The van der Waals surface area contributed by atoms with E-state index in [1.165, 1.54) is 18.2 Å². The fourth-order valence-corrected chi connectivity index (χ4v) is 2.12. The van der Waals surface area contributed by atoms with Crippen LogP contribution in [-0.2, 0) is 14.9 Å². The molecule has 1 aromatic rings. The van der Waals surface area contributed by atoms with Crippen molar-refractivity contribution in [1.29, 1.82) is 0 Å². The second kappa shape index (κ2) is 6.68. The summed E-state index contributed by atoms with van der Waals surface area (Å²) in [5.74, 6) is -0.177. The van der Waals surface area contributed by atoms with Crippen molar-refractivity contribution in [1.82, 2.24) is 5.32 Å². The van der Waals surface area contributed by atoms with E-state index in [9.17, 15) is 4.79 Å². The molecule has 0 aliphatic rings. The third kappa shape index (κ3) is 4.33. The normalized spacial score (nSPS) is 13.1. The second-order valence-corrected chi connectivity index (χ2v) is 5.48. The number of hydrogen-bond donors (Lipinski definition) is 2. The number of carbonyl (C=O) groups excluding carboxylic acids is 1. The number of ether oxygens (including phenoxy) is 1. The Morgan fingerprint density at radius 1 is 1.42 bits per heavy atom. The molecule has 1 unspecified atom stereocenters. The van der Waals surface area contributed by atoms with E-state index >= 15 is 0 Å². The van der Waals surface area contributed by atoms with Crippen LogP contribution >= 0.6 is 0 Å². The van der Waals surface area contributed by atoms with Gasteiger partial charge in [-0.3, -0.25) is 4.79 Å². The third-order valence-electron chi connectivity index (χ3n) is 3.26. The maximum Gasteiger partial charge on any atom is 0.239 e. The number of rotatable bonds is 6. The van der Waals surface area contributed by atoms with E-state index in [1.807, 2.05) is 12.1 Å².